The van der Waals surface area contributed by atoms with Gasteiger partial charge in [-0.05, 0) is 39.1 Å². The molecule has 12 heteroatoms. The van der Waals surface area contributed by atoms with Gasteiger partial charge in [0.15, 0.2) is 11.4 Å². The van der Waals surface area contributed by atoms with Gasteiger partial charge in [-0.1, -0.05) is 12.1 Å². The molecular weight excluding hydrogens is 510 g/mol. The molecule has 0 bridgehead atoms. The van der Waals surface area contributed by atoms with E-state index in [0.29, 0.717) is 26.3 Å². The highest BCUT2D eigenvalue weighted by atomic mass is 16.5. The van der Waals surface area contributed by atoms with Gasteiger partial charge in [0.1, 0.15) is 22.8 Å². The molecule has 0 unspecified atom stereocenters. The van der Waals surface area contributed by atoms with Crippen molar-refractivity contribution in [3.63, 3.8) is 0 Å². The Morgan fingerprint density at radius 1 is 1.15 bits per heavy atom. The predicted molar refractivity (Wildman–Crippen MR) is 136 cm³/mol. The number of hydrogen-bond acceptors (Lipinski definition) is 11. The number of fused-ring (bicyclic) bond motifs is 3. The molecule has 0 radical (unpaired) electrons. The quantitative estimate of drug-likeness (QED) is 0.271. The molecule has 1 heterocycles. The number of nitrogens with one attached hydrogen (secondary N) is 1. The molecule has 5 atom stereocenters. The number of amides is 1. The second-order valence-corrected chi connectivity index (χ2v) is 11.0. The number of aromatic hydroxyl groups is 1. The predicted octanol–water partition coefficient (Wildman–Crippen LogP) is -0.450. The number of carbonyl (C=O) groups excluding carboxylic acids is 3. The van der Waals surface area contributed by atoms with E-state index in [2.05, 4.69) is 5.32 Å². The molecule has 1 amide bonds. The Balaban J connectivity index is 1.63. The molecule has 39 heavy (non-hydrogen) atoms. The number of ketones is 2. The van der Waals surface area contributed by atoms with Gasteiger partial charge in [0.2, 0.25) is 5.78 Å². The summed E-state index contributed by atoms with van der Waals surface area (Å²) in [4.78, 5) is 44.3. The second-order valence-electron chi connectivity index (χ2n) is 11.0. The van der Waals surface area contributed by atoms with Crippen molar-refractivity contribution in [1.29, 1.82) is 0 Å². The first-order valence-corrected chi connectivity index (χ1v) is 12.8. The molecule has 1 aromatic rings. The van der Waals surface area contributed by atoms with Gasteiger partial charge in [0.25, 0.3) is 5.91 Å². The van der Waals surface area contributed by atoms with Crippen LogP contribution in [0.1, 0.15) is 24.5 Å². The Kier molecular flexibility index (Phi) is 6.59. The summed E-state index contributed by atoms with van der Waals surface area (Å²) >= 11 is 0. The third kappa shape index (κ3) is 3.89. The maximum atomic E-state index is 14.1. The molecule has 12 nitrogen and oxygen atoms in total. The number of ether oxygens (including phenoxy) is 1. The number of aliphatic hydroxyl groups excluding tert-OH is 2. The first-order valence-electron chi connectivity index (χ1n) is 12.8. The zero-order chi connectivity index (χ0) is 28.4. The van der Waals surface area contributed by atoms with Crippen LogP contribution in [0.2, 0.25) is 0 Å². The topological polar surface area (TPSA) is 180 Å². The number of aliphatic hydroxyl groups is 4. The highest BCUT2D eigenvalue weighted by Crippen LogP contribution is 2.57. The van der Waals surface area contributed by atoms with Crippen LogP contribution < -0.4 is 5.32 Å². The van der Waals surface area contributed by atoms with E-state index >= 15 is 0 Å². The summed E-state index contributed by atoms with van der Waals surface area (Å²) in [5.74, 6) is -7.32. The molecular formula is C27H33N3O9. The third-order valence-electron chi connectivity index (χ3n) is 8.57. The fraction of sp³-hybridized carbons (Fsp3) is 0.519. The number of Topliss-reactive ketones (excluding diaryl/α,β-unsaturated/α-hetero) is 2. The van der Waals surface area contributed by atoms with Gasteiger partial charge in [0.05, 0.1) is 37.1 Å². The summed E-state index contributed by atoms with van der Waals surface area (Å²) in [5.41, 5.74) is -5.63. The Labute approximate surface area is 224 Å². The number of rotatable bonds is 4. The summed E-state index contributed by atoms with van der Waals surface area (Å²) < 4.78 is 5.29. The molecule has 1 saturated carbocycles. The minimum Gasteiger partial charge on any atom is -0.508 e. The van der Waals surface area contributed by atoms with E-state index in [0.717, 1.165) is 0 Å². The number of benzene rings is 1. The summed E-state index contributed by atoms with van der Waals surface area (Å²) in [5, 5.41) is 59.0. The van der Waals surface area contributed by atoms with Crippen LogP contribution >= 0.6 is 0 Å². The van der Waals surface area contributed by atoms with E-state index in [9.17, 15) is 39.9 Å². The Hall–Kier alpha value is -3.29. The zero-order valence-corrected chi connectivity index (χ0v) is 22.0. The molecule has 1 aromatic carbocycles. The lowest BCUT2D eigenvalue weighted by molar-refractivity contribution is -0.159. The van der Waals surface area contributed by atoms with Crippen LogP contribution in [0.25, 0.3) is 5.76 Å². The minimum atomic E-state index is -2.74. The number of morpholine rings is 1. The molecule has 5 rings (SSSR count). The molecule has 1 saturated heterocycles. The normalized spacial score (nSPS) is 33.1. The van der Waals surface area contributed by atoms with E-state index < -0.39 is 63.6 Å². The lowest BCUT2D eigenvalue weighted by Gasteiger charge is -2.53. The maximum absolute atomic E-state index is 14.1. The van der Waals surface area contributed by atoms with E-state index in [1.54, 1.807) is 14.1 Å². The second kappa shape index (κ2) is 9.42. The monoisotopic (exact) mass is 543 g/mol. The summed E-state index contributed by atoms with van der Waals surface area (Å²) in [6.45, 7) is 3.53. The summed E-state index contributed by atoms with van der Waals surface area (Å²) in [7, 11) is 3.10. The number of hydrogen-bond donors (Lipinski definition) is 6. The van der Waals surface area contributed by atoms with Gasteiger partial charge < -0.3 is 35.6 Å². The highest BCUT2D eigenvalue weighted by molar-refractivity contribution is 6.25. The van der Waals surface area contributed by atoms with Gasteiger partial charge in [0, 0.05) is 30.5 Å². The smallest absolute Gasteiger partial charge is 0.259 e. The lowest BCUT2D eigenvalue weighted by Crippen LogP contribution is -2.67. The van der Waals surface area contributed by atoms with Crippen molar-refractivity contribution in [1.82, 2.24) is 15.1 Å². The fourth-order valence-corrected chi connectivity index (χ4v) is 6.51. The number of nitrogens with zero attached hydrogens (tertiary/aromatic N) is 2. The van der Waals surface area contributed by atoms with Gasteiger partial charge in [-0.15, -0.1) is 0 Å². The van der Waals surface area contributed by atoms with Crippen molar-refractivity contribution in [2.75, 3.05) is 47.1 Å². The van der Waals surface area contributed by atoms with Crippen LogP contribution in [-0.2, 0) is 24.7 Å². The van der Waals surface area contributed by atoms with Gasteiger partial charge in [-0.2, -0.15) is 0 Å². The average Bonchev–Trinajstić information content (AvgIpc) is 2.88. The van der Waals surface area contributed by atoms with Gasteiger partial charge in [-0.3, -0.25) is 24.2 Å². The highest BCUT2D eigenvalue weighted by Gasteiger charge is 2.66. The Morgan fingerprint density at radius 3 is 2.46 bits per heavy atom. The van der Waals surface area contributed by atoms with E-state index in [1.165, 1.54) is 30.0 Å². The largest absolute Gasteiger partial charge is 0.508 e. The molecule has 6 N–H and O–H groups in total. The molecule has 4 aliphatic rings. The van der Waals surface area contributed by atoms with Crippen LogP contribution in [0.5, 0.6) is 5.75 Å². The van der Waals surface area contributed by atoms with Crippen LogP contribution in [-0.4, -0.2) is 112 Å². The average molecular weight is 544 g/mol. The number of phenolic OH excluding ortho intramolecular Hbond substituents is 1. The van der Waals surface area contributed by atoms with E-state index in [4.69, 9.17) is 4.74 Å². The van der Waals surface area contributed by atoms with Gasteiger partial charge in [-0.25, -0.2) is 0 Å². The van der Waals surface area contributed by atoms with Crippen molar-refractivity contribution in [2.24, 2.45) is 11.8 Å². The van der Waals surface area contributed by atoms with Crippen LogP contribution in [0, 0.1) is 11.8 Å². The number of carbonyl (C=O) groups is 3. The fourth-order valence-electron chi connectivity index (χ4n) is 6.51. The van der Waals surface area contributed by atoms with Crippen molar-refractivity contribution in [2.45, 2.75) is 30.6 Å². The van der Waals surface area contributed by atoms with Crippen LogP contribution in [0.3, 0.4) is 0 Å². The SMILES string of the molecule is CN(C)[C@@H]1C(=O)C(C(=O)NCN2CCOCC2)=C(O)[C@@]2(O)C(=O)C3=C(O)c4c(O)cccc4[C@@](C)(O)[C@H]3C[C@@H]12. The molecule has 210 valence electrons. The summed E-state index contributed by atoms with van der Waals surface area (Å²) in [6.07, 6.45) is -0.189. The third-order valence-corrected chi connectivity index (χ3v) is 8.57. The Bertz CT molecular complexity index is 1310. The number of likely N-dealkylation sites (N-methyl/N-ethyl adjacent to an activating group) is 1. The first-order chi connectivity index (χ1) is 18.3. The molecule has 0 aromatic heterocycles. The van der Waals surface area contributed by atoms with E-state index in [-0.39, 0.29) is 35.5 Å². The number of phenols is 1. The minimum absolute atomic E-state index is 0.0572. The maximum Gasteiger partial charge on any atom is 0.259 e. The molecule has 2 fully saturated rings. The van der Waals surface area contributed by atoms with Gasteiger partial charge >= 0.3 is 0 Å². The molecule has 1 aliphatic heterocycles. The Morgan fingerprint density at radius 2 is 1.82 bits per heavy atom. The van der Waals surface area contributed by atoms with Crippen molar-refractivity contribution >= 4 is 23.2 Å². The summed E-state index contributed by atoms with van der Waals surface area (Å²) in [6, 6.07) is 3.08. The van der Waals surface area contributed by atoms with Crippen molar-refractivity contribution in [3.8, 4) is 5.75 Å². The van der Waals surface area contributed by atoms with Crippen LogP contribution in [0.15, 0.2) is 35.1 Å². The lowest BCUT2D eigenvalue weighted by atomic mass is 9.54. The standard InChI is InChI=1S/C27H33N3O9/c1-26(37)13-5-4-6-16(31)17(13)21(32)18-14(26)11-15-20(29(2)3)22(33)19(24(35)27(15,38)23(18)34)25(36)28-12-30-7-9-39-10-8-30/h4-6,14-15,20,31-32,35,37-38H,7-12H2,1-3H3,(H,28,36)/t14-,15-,20-,26+,27-/m0/s1. The van der Waals surface area contributed by atoms with Crippen molar-refractivity contribution < 1.29 is 44.7 Å². The zero-order valence-electron chi connectivity index (χ0n) is 22.0. The van der Waals surface area contributed by atoms with Crippen molar-refractivity contribution in [3.05, 3.63) is 46.2 Å². The van der Waals surface area contributed by atoms with Crippen LogP contribution in [0.4, 0.5) is 0 Å². The van der Waals surface area contributed by atoms with E-state index in [1.807, 2.05) is 4.90 Å². The first kappa shape index (κ1) is 27.3. The molecule has 3 aliphatic carbocycles. The molecule has 0 spiro atoms.